The van der Waals surface area contributed by atoms with Gasteiger partial charge >= 0.3 is 0 Å². The lowest BCUT2D eigenvalue weighted by Gasteiger charge is -2.45. The average molecular weight is 353 g/mol. The highest BCUT2D eigenvalue weighted by molar-refractivity contribution is 4.93. The molecule has 0 amide bonds. The van der Waals surface area contributed by atoms with Crippen LogP contribution in [0, 0.1) is 29.6 Å². The zero-order chi connectivity index (χ0) is 18.4. The average Bonchev–Trinajstić information content (AvgIpc) is 2.58. The van der Waals surface area contributed by atoms with Crippen molar-refractivity contribution in [2.75, 3.05) is 6.54 Å². The minimum atomic E-state index is 0.329. The zero-order valence-corrected chi connectivity index (χ0v) is 16.7. The summed E-state index contributed by atoms with van der Waals surface area (Å²) in [6, 6.07) is 1.10. The van der Waals surface area contributed by atoms with Gasteiger partial charge in [0, 0.05) is 18.1 Å². The van der Waals surface area contributed by atoms with Crippen molar-refractivity contribution in [1.29, 1.82) is 0 Å². The molecule has 0 aromatic heterocycles. The van der Waals surface area contributed by atoms with Crippen molar-refractivity contribution in [3.63, 3.8) is 0 Å². The summed E-state index contributed by atoms with van der Waals surface area (Å²) in [5.74, 6) is 3.43. The first-order valence-electron chi connectivity index (χ1n) is 10.9. The fourth-order valence-electron chi connectivity index (χ4n) is 5.60. The maximum Gasteiger partial charge on any atom is 0.00724 e. The van der Waals surface area contributed by atoms with Crippen LogP contribution in [0.3, 0.4) is 0 Å². The highest BCUT2D eigenvalue weighted by Gasteiger charge is 2.40. The van der Waals surface area contributed by atoms with E-state index in [1.54, 1.807) is 0 Å². The Morgan fingerprint density at radius 1 is 0.800 bits per heavy atom. The second kappa shape index (κ2) is 10.2. The standard InChI is InChI=1S/C21H44N4/c1-14-12-16(7-9-18(14)23)21(20(25)6-4-3-5-11-22)17-8-10-19(24)15(2)13-17/h14-21H,3-13,22-25H2,1-2H3. The molecule has 0 saturated heterocycles. The van der Waals surface area contributed by atoms with Gasteiger partial charge in [-0.2, -0.15) is 0 Å². The molecule has 2 saturated carbocycles. The van der Waals surface area contributed by atoms with Crippen LogP contribution in [-0.2, 0) is 0 Å². The fraction of sp³-hybridized carbons (Fsp3) is 1.00. The number of hydrogen-bond donors (Lipinski definition) is 4. The van der Waals surface area contributed by atoms with E-state index in [9.17, 15) is 0 Å². The number of hydrogen-bond acceptors (Lipinski definition) is 4. The van der Waals surface area contributed by atoms with E-state index in [0.29, 0.717) is 35.9 Å². The molecule has 0 aromatic rings. The monoisotopic (exact) mass is 352 g/mol. The molecule has 7 unspecified atom stereocenters. The Morgan fingerprint density at radius 3 is 1.76 bits per heavy atom. The van der Waals surface area contributed by atoms with Gasteiger partial charge in [-0.15, -0.1) is 0 Å². The molecule has 0 heterocycles. The van der Waals surface area contributed by atoms with Gasteiger partial charge in [0.25, 0.3) is 0 Å². The number of unbranched alkanes of at least 4 members (excludes halogenated alkanes) is 2. The van der Waals surface area contributed by atoms with Crippen LogP contribution in [0.4, 0.5) is 0 Å². The minimum Gasteiger partial charge on any atom is -0.330 e. The van der Waals surface area contributed by atoms with Crippen LogP contribution in [-0.4, -0.2) is 24.7 Å². The van der Waals surface area contributed by atoms with Crippen molar-refractivity contribution in [2.24, 2.45) is 52.5 Å². The predicted molar refractivity (Wildman–Crippen MR) is 108 cm³/mol. The second-order valence-electron chi connectivity index (χ2n) is 9.31. The van der Waals surface area contributed by atoms with Gasteiger partial charge < -0.3 is 22.9 Å². The molecule has 0 bridgehead atoms. The first kappa shape index (κ1) is 21.1. The molecule has 148 valence electrons. The van der Waals surface area contributed by atoms with Gasteiger partial charge in [0.2, 0.25) is 0 Å². The van der Waals surface area contributed by atoms with Crippen molar-refractivity contribution < 1.29 is 0 Å². The third-order valence-corrected chi connectivity index (χ3v) is 7.38. The van der Waals surface area contributed by atoms with Crippen LogP contribution < -0.4 is 22.9 Å². The topological polar surface area (TPSA) is 104 Å². The Hall–Kier alpha value is -0.160. The lowest BCUT2D eigenvalue weighted by atomic mass is 9.62. The lowest BCUT2D eigenvalue weighted by Crippen LogP contribution is -2.47. The van der Waals surface area contributed by atoms with Crippen molar-refractivity contribution in [2.45, 2.75) is 96.2 Å². The Kier molecular flexibility index (Phi) is 8.67. The normalized spacial score (nSPS) is 39.1. The van der Waals surface area contributed by atoms with Crippen LogP contribution >= 0.6 is 0 Å². The van der Waals surface area contributed by atoms with E-state index in [0.717, 1.165) is 31.2 Å². The van der Waals surface area contributed by atoms with E-state index in [2.05, 4.69) is 13.8 Å². The van der Waals surface area contributed by atoms with Crippen LogP contribution in [0.1, 0.15) is 78.1 Å². The molecule has 4 heteroatoms. The van der Waals surface area contributed by atoms with Gasteiger partial charge in [0.05, 0.1) is 0 Å². The molecule has 4 nitrogen and oxygen atoms in total. The van der Waals surface area contributed by atoms with Crippen molar-refractivity contribution in [3.05, 3.63) is 0 Å². The molecule has 2 aliphatic rings. The third kappa shape index (κ3) is 5.92. The molecular formula is C21H44N4. The first-order valence-corrected chi connectivity index (χ1v) is 10.9. The summed E-state index contributed by atoms with van der Waals surface area (Å²) in [5, 5.41) is 0. The van der Waals surface area contributed by atoms with Gasteiger partial charge in [-0.1, -0.05) is 26.7 Å². The van der Waals surface area contributed by atoms with Crippen molar-refractivity contribution >= 4 is 0 Å². The molecule has 0 aliphatic heterocycles. The van der Waals surface area contributed by atoms with Crippen LogP contribution in [0.5, 0.6) is 0 Å². The molecule has 0 aromatic carbocycles. The van der Waals surface area contributed by atoms with Crippen molar-refractivity contribution in [1.82, 2.24) is 0 Å². The molecule has 8 N–H and O–H groups in total. The van der Waals surface area contributed by atoms with E-state index in [1.807, 2.05) is 0 Å². The molecule has 0 spiro atoms. The van der Waals surface area contributed by atoms with Gasteiger partial charge in [0.15, 0.2) is 0 Å². The fourth-order valence-corrected chi connectivity index (χ4v) is 5.60. The predicted octanol–water partition coefficient (Wildman–Crippen LogP) is 2.98. The van der Waals surface area contributed by atoms with Crippen LogP contribution in [0.15, 0.2) is 0 Å². The highest BCUT2D eigenvalue weighted by atomic mass is 14.7. The molecular weight excluding hydrogens is 308 g/mol. The van der Waals surface area contributed by atoms with Gasteiger partial charge in [-0.25, -0.2) is 0 Å². The lowest BCUT2D eigenvalue weighted by molar-refractivity contribution is 0.0739. The molecule has 7 atom stereocenters. The third-order valence-electron chi connectivity index (χ3n) is 7.38. The van der Waals surface area contributed by atoms with Crippen LogP contribution in [0.2, 0.25) is 0 Å². The van der Waals surface area contributed by atoms with E-state index in [4.69, 9.17) is 22.9 Å². The largest absolute Gasteiger partial charge is 0.330 e. The summed E-state index contributed by atoms with van der Waals surface area (Å²) in [5.41, 5.74) is 25.0. The quantitative estimate of drug-likeness (QED) is 0.504. The minimum absolute atomic E-state index is 0.329. The summed E-state index contributed by atoms with van der Waals surface area (Å²) in [6.07, 6.45) is 12.1. The van der Waals surface area contributed by atoms with Gasteiger partial charge in [0.1, 0.15) is 0 Å². The Bertz CT molecular complexity index is 349. The van der Waals surface area contributed by atoms with E-state index >= 15 is 0 Å². The Morgan fingerprint density at radius 2 is 1.32 bits per heavy atom. The molecule has 2 rings (SSSR count). The summed E-state index contributed by atoms with van der Waals surface area (Å²) in [7, 11) is 0. The van der Waals surface area contributed by atoms with Gasteiger partial charge in [-0.3, -0.25) is 0 Å². The van der Waals surface area contributed by atoms with E-state index < -0.39 is 0 Å². The SMILES string of the molecule is CC1CC(C(C(N)CCCCCN)C2CCC(N)C(C)C2)CCC1N. The second-order valence-corrected chi connectivity index (χ2v) is 9.31. The van der Waals surface area contributed by atoms with E-state index in [-0.39, 0.29) is 0 Å². The number of rotatable bonds is 8. The molecule has 0 radical (unpaired) electrons. The summed E-state index contributed by atoms with van der Waals surface area (Å²) in [6.45, 7) is 5.47. The smallest absolute Gasteiger partial charge is 0.00724 e. The Balaban J connectivity index is 2.02. The van der Waals surface area contributed by atoms with Crippen LogP contribution in [0.25, 0.3) is 0 Å². The van der Waals surface area contributed by atoms with Crippen molar-refractivity contribution in [3.8, 4) is 0 Å². The summed E-state index contributed by atoms with van der Waals surface area (Å²) < 4.78 is 0. The first-order chi connectivity index (χ1) is 11.9. The van der Waals surface area contributed by atoms with Gasteiger partial charge in [-0.05, 0) is 87.5 Å². The molecule has 2 aliphatic carbocycles. The van der Waals surface area contributed by atoms with E-state index in [1.165, 1.54) is 51.4 Å². The zero-order valence-electron chi connectivity index (χ0n) is 16.7. The highest BCUT2D eigenvalue weighted by Crippen LogP contribution is 2.44. The molecule has 25 heavy (non-hydrogen) atoms. The molecule has 2 fully saturated rings. The Labute approximate surface area is 155 Å². The summed E-state index contributed by atoms with van der Waals surface area (Å²) in [4.78, 5) is 0. The number of nitrogens with two attached hydrogens (primary N) is 4. The maximum atomic E-state index is 6.83. The maximum absolute atomic E-state index is 6.83. The summed E-state index contributed by atoms with van der Waals surface area (Å²) >= 11 is 0.